The van der Waals surface area contributed by atoms with Crippen molar-refractivity contribution in [3.05, 3.63) is 77.4 Å². The molecular weight excluding hydrogens is 442 g/mol. The van der Waals surface area contributed by atoms with Gasteiger partial charge in [0.15, 0.2) is 6.29 Å². The van der Waals surface area contributed by atoms with Crippen LogP contribution in [0, 0.1) is 6.92 Å². The fourth-order valence-electron chi connectivity index (χ4n) is 3.12. The van der Waals surface area contributed by atoms with Crippen LogP contribution in [0.4, 0.5) is 5.13 Å². The average molecular weight is 462 g/mol. The quantitative estimate of drug-likeness (QED) is 0.392. The molecule has 4 aromatic rings. The van der Waals surface area contributed by atoms with E-state index in [0.29, 0.717) is 34.4 Å². The first-order valence-electron chi connectivity index (χ1n) is 9.86. The highest BCUT2D eigenvalue weighted by Crippen LogP contribution is 2.33. The van der Waals surface area contributed by atoms with Crippen LogP contribution in [0.2, 0.25) is 0 Å². The van der Waals surface area contributed by atoms with Crippen LogP contribution >= 0.6 is 11.3 Å². The number of ether oxygens (including phenoxy) is 2. The highest BCUT2D eigenvalue weighted by molar-refractivity contribution is 7.17. The first-order chi connectivity index (χ1) is 16.1. The molecule has 33 heavy (non-hydrogen) atoms. The Morgan fingerprint density at radius 1 is 1.12 bits per heavy atom. The second-order valence-corrected chi connectivity index (χ2v) is 7.78. The number of benzene rings is 1. The number of anilines is 1. The number of para-hydroxylation sites is 1. The Balaban J connectivity index is 1.52. The van der Waals surface area contributed by atoms with E-state index < -0.39 is 0 Å². The molecule has 0 aliphatic rings. The van der Waals surface area contributed by atoms with Crippen LogP contribution < -0.4 is 14.8 Å². The predicted octanol–water partition coefficient (Wildman–Crippen LogP) is 3.96. The van der Waals surface area contributed by atoms with E-state index in [1.54, 1.807) is 25.4 Å². The summed E-state index contributed by atoms with van der Waals surface area (Å²) in [5.41, 5.74) is 3.52. The fraction of sp³-hybridized carbons (Fsp3) is 0.130. The number of methoxy groups -OCH3 is 1. The number of carbonyl (C=O) groups excluding carboxylic acids is 2. The molecule has 0 saturated heterocycles. The fourth-order valence-corrected chi connectivity index (χ4v) is 3.71. The molecule has 0 unspecified atom stereocenters. The summed E-state index contributed by atoms with van der Waals surface area (Å²) in [7, 11) is 1.58. The zero-order chi connectivity index (χ0) is 23.2. The summed E-state index contributed by atoms with van der Waals surface area (Å²) in [6.45, 7) is 1.91. The van der Waals surface area contributed by atoms with E-state index >= 15 is 0 Å². The largest absolute Gasteiger partial charge is 0.496 e. The highest BCUT2D eigenvalue weighted by Gasteiger charge is 2.18. The zero-order valence-electron chi connectivity index (χ0n) is 17.8. The van der Waals surface area contributed by atoms with Gasteiger partial charge in [-0.2, -0.15) is 0 Å². The lowest BCUT2D eigenvalue weighted by Crippen LogP contribution is -2.14. The summed E-state index contributed by atoms with van der Waals surface area (Å²) in [5, 5.41) is 11.1. The number of amides is 1. The maximum absolute atomic E-state index is 13.0. The normalized spacial score (nSPS) is 10.5. The van der Waals surface area contributed by atoms with Crippen LogP contribution in [0.3, 0.4) is 0 Å². The Kier molecular flexibility index (Phi) is 6.65. The van der Waals surface area contributed by atoms with E-state index in [0.717, 1.165) is 22.6 Å². The minimum absolute atomic E-state index is 0.0529. The van der Waals surface area contributed by atoms with Crippen molar-refractivity contribution < 1.29 is 19.1 Å². The molecule has 166 valence electrons. The van der Waals surface area contributed by atoms with E-state index in [1.807, 2.05) is 37.3 Å². The lowest BCUT2D eigenvalue weighted by atomic mass is 9.99. The van der Waals surface area contributed by atoms with Crippen LogP contribution in [0.5, 0.6) is 10.9 Å². The third-order valence-corrected chi connectivity index (χ3v) is 5.45. The number of aryl methyl sites for hydroxylation is 1. The number of aromatic nitrogens is 4. The summed E-state index contributed by atoms with van der Waals surface area (Å²) >= 11 is 1.06. The van der Waals surface area contributed by atoms with Crippen molar-refractivity contribution in [3.63, 3.8) is 0 Å². The molecule has 1 amide bonds. The van der Waals surface area contributed by atoms with Gasteiger partial charge in [0.2, 0.25) is 5.13 Å². The molecule has 0 fully saturated rings. The summed E-state index contributed by atoms with van der Waals surface area (Å²) in [6.07, 6.45) is 3.81. The Labute approximate surface area is 193 Å². The molecule has 4 rings (SSSR count). The molecule has 3 aromatic heterocycles. The molecule has 0 aliphatic carbocycles. The molecule has 0 aliphatic heterocycles. The van der Waals surface area contributed by atoms with Gasteiger partial charge in [-0.05, 0) is 42.5 Å². The third-order valence-electron chi connectivity index (χ3n) is 4.69. The first kappa shape index (κ1) is 22.0. The van der Waals surface area contributed by atoms with Crippen LogP contribution in [-0.2, 0) is 6.61 Å². The standard InChI is InChI=1S/C23H19N5O4S/c1-14-10-17(16-7-3-4-8-20(16)31-2)18(11-25-14)21(30)26-22-27-28-23(33-22)32-13-19-15(12-29)6-5-9-24-19/h3-12H,13H2,1-2H3,(H,26,27,30). The number of hydrogen-bond acceptors (Lipinski definition) is 9. The molecule has 0 atom stereocenters. The van der Waals surface area contributed by atoms with Crippen LogP contribution in [0.25, 0.3) is 11.1 Å². The number of hydrogen-bond donors (Lipinski definition) is 1. The summed E-state index contributed by atoms with van der Waals surface area (Å²) in [4.78, 5) is 32.6. The first-order valence-corrected chi connectivity index (χ1v) is 10.7. The van der Waals surface area contributed by atoms with Crippen LogP contribution in [0.1, 0.15) is 32.1 Å². The van der Waals surface area contributed by atoms with Crippen molar-refractivity contribution in [3.8, 4) is 22.1 Å². The summed E-state index contributed by atoms with van der Waals surface area (Å²) in [5.74, 6) is 0.257. The monoisotopic (exact) mass is 461 g/mol. The van der Waals surface area contributed by atoms with Gasteiger partial charge >= 0.3 is 0 Å². The van der Waals surface area contributed by atoms with Crippen molar-refractivity contribution in [1.29, 1.82) is 0 Å². The average Bonchev–Trinajstić information content (AvgIpc) is 3.29. The van der Waals surface area contributed by atoms with Gasteiger partial charge in [0, 0.05) is 34.8 Å². The molecule has 0 bridgehead atoms. The lowest BCUT2D eigenvalue weighted by molar-refractivity contribution is 0.102. The molecule has 0 saturated carbocycles. The van der Waals surface area contributed by atoms with Crippen molar-refractivity contribution in [2.24, 2.45) is 0 Å². The lowest BCUT2D eigenvalue weighted by Gasteiger charge is -2.13. The Morgan fingerprint density at radius 3 is 2.79 bits per heavy atom. The van der Waals surface area contributed by atoms with Gasteiger partial charge in [-0.25, -0.2) is 0 Å². The van der Waals surface area contributed by atoms with E-state index in [2.05, 4.69) is 25.5 Å². The number of nitrogens with one attached hydrogen (secondary N) is 1. The number of aldehydes is 1. The maximum atomic E-state index is 13.0. The third kappa shape index (κ3) is 5.01. The van der Waals surface area contributed by atoms with Gasteiger partial charge in [0.1, 0.15) is 12.4 Å². The second-order valence-electron chi connectivity index (χ2n) is 6.84. The van der Waals surface area contributed by atoms with E-state index in [1.165, 1.54) is 6.20 Å². The van der Waals surface area contributed by atoms with Crippen molar-refractivity contribution in [1.82, 2.24) is 20.2 Å². The van der Waals surface area contributed by atoms with Gasteiger partial charge < -0.3 is 9.47 Å². The Bertz CT molecular complexity index is 1310. The molecular formula is C23H19N5O4S. The molecule has 10 heteroatoms. The SMILES string of the molecule is COc1ccccc1-c1cc(C)ncc1C(=O)Nc1nnc(OCc2ncccc2C=O)s1. The Hall–Kier alpha value is -4.18. The van der Waals surface area contributed by atoms with Crippen molar-refractivity contribution in [2.45, 2.75) is 13.5 Å². The second kappa shape index (κ2) is 9.96. The van der Waals surface area contributed by atoms with Gasteiger partial charge in [0.25, 0.3) is 11.1 Å². The van der Waals surface area contributed by atoms with E-state index in [4.69, 9.17) is 9.47 Å². The topological polar surface area (TPSA) is 116 Å². The number of nitrogens with zero attached hydrogens (tertiary/aromatic N) is 4. The van der Waals surface area contributed by atoms with Crippen LogP contribution in [0.15, 0.2) is 54.9 Å². The predicted molar refractivity (Wildman–Crippen MR) is 123 cm³/mol. The molecule has 0 spiro atoms. The van der Waals surface area contributed by atoms with Crippen LogP contribution in [-0.4, -0.2) is 39.5 Å². The number of rotatable bonds is 8. The number of carbonyl (C=O) groups is 2. The van der Waals surface area contributed by atoms with E-state index in [-0.39, 0.29) is 22.8 Å². The van der Waals surface area contributed by atoms with Crippen molar-refractivity contribution >= 4 is 28.7 Å². The molecule has 1 N–H and O–H groups in total. The van der Waals surface area contributed by atoms with Gasteiger partial charge in [-0.3, -0.25) is 24.9 Å². The van der Waals surface area contributed by atoms with Gasteiger partial charge in [-0.15, -0.1) is 5.10 Å². The molecule has 0 radical (unpaired) electrons. The minimum atomic E-state index is -0.390. The molecule has 9 nitrogen and oxygen atoms in total. The summed E-state index contributed by atoms with van der Waals surface area (Å²) in [6, 6.07) is 12.6. The highest BCUT2D eigenvalue weighted by atomic mass is 32.1. The minimum Gasteiger partial charge on any atom is -0.496 e. The zero-order valence-corrected chi connectivity index (χ0v) is 18.6. The van der Waals surface area contributed by atoms with Gasteiger partial charge in [-0.1, -0.05) is 23.3 Å². The number of pyridine rings is 2. The van der Waals surface area contributed by atoms with Gasteiger partial charge in [0.05, 0.1) is 18.4 Å². The summed E-state index contributed by atoms with van der Waals surface area (Å²) < 4.78 is 11.0. The maximum Gasteiger partial charge on any atom is 0.296 e. The Morgan fingerprint density at radius 2 is 1.97 bits per heavy atom. The molecule has 3 heterocycles. The van der Waals surface area contributed by atoms with Crippen molar-refractivity contribution in [2.75, 3.05) is 12.4 Å². The smallest absolute Gasteiger partial charge is 0.296 e. The van der Waals surface area contributed by atoms with E-state index in [9.17, 15) is 9.59 Å². The molecule has 1 aromatic carbocycles.